The molecule has 7 atom stereocenters. The third kappa shape index (κ3) is 2.62. The van der Waals surface area contributed by atoms with Crippen LogP contribution in [0.5, 0.6) is 5.75 Å². The van der Waals surface area contributed by atoms with E-state index in [1.807, 2.05) is 12.1 Å². The summed E-state index contributed by atoms with van der Waals surface area (Å²) in [5, 5.41) is 20.5. The highest BCUT2D eigenvalue weighted by Crippen LogP contribution is 2.68. The van der Waals surface area contributed by atoms with E-state index in [9.17, 15) is 24.3 Å². The van der Waals surface area contributed by atoms with Crippen LogP contribution in [0, 0.1) is 29.6 Å². The first-order valence-corrected chi connectivity index (χ1v) is 12.3. The van der Waals surface area contributed by atoms with Crippen LogP contribution in [0.25, 0.3) is 0 Å². The fourth-order valence-electron chi connectivity index (χ4n) is 6.61. The van der Waals surface area contributed by atoms with Gasteiger partial charge in [0.15, 0.2) is 0 Å². The zero-order chi connectivity index (χ0) is 22.3. The number of phenolic OH excluding ortho intramolecular Hbond substituents is 1. The Kier molecular flexibility index (Phi) is 4.36. The summed E-state index contributed by atoms with van der Waals surface area (Å²) in [6, 6.07) is 7.11. The number of hydrogen-bond acceptors (Lipinski definition) is 7. The van der Waals surface area contributed by atoms with Crippen LogP contribution >= 0.6 is 23.1 Å². The number of aromatic nitrogens is 1. The lowest BCUT2D eigenvalue weighted by molar-refractivity contribution is -0.142. The smallest absolute Gasteiger partial charge is 0.305 e. The lowest BCUT2D eigenvalue weighted by atomic mass is 9.68. The first kappa shape index (κ1) is 20.0. The Morgan fingerprint density at radius 1 is 1.12 bits per heavy atom. The fraction of sp³-hybridized carbons (Fsp3) is 0.455. The third-order valence-corrected chi connectivity index (χ3v) is 10.2. The molecule has 0 spiro atoms. The van der Waals surface area contributed by atoms with Crippen LogP contribution < -0.4 is 4.87 Å². The van der Waals surface area contributed by atoms with E-state index in [2.05, 4.69) is 4.98 Å². The number of carboxylic acids is 1. The van der Waals surface area contributed by atoms with Crippen LogP contribution in [-0.4, -0.2) is 49.7 Å². The van der Waals surface area contributed by atoms with Gasteiger partial charge in [0.2, 0.25) is 11.8 Å². The van der Waals surface area contributed by atoms with Gasteiger partial charge in [-0.2, -0.15) is 0 Å². The second-order valence-electron chi connectivity index (χ2n) is 8.99. The maximum absolute atomic E-state index is 13.2. The molecular formula is C22H20N2O6S2. The minimum atomic E-state index is -1.04. The molecule has 1 aromatic carbocycles. The van der Waals surface area contributed by atoms with Crippen molar-refractivity contribution in [1.82, 2.24) is 9.88 Å². The van der Waals surface area contributed by atoms with Crippen molar-refractivity contribution < 1.29 is 24.6 Å². The van der Waals surface area contributed by atoms with Crippen molar-refractivity contribution in [3.8, 4) is 5.75 Å². The summed E-state index contributed by atoms with van der Waals surface area (Å²) < 4.78 is 0. The van der Waals surface area contributed by atoms with Gasteiger partial charge in [0.1, 0.15) is 5.75 Å². The highest BCUT2D eigenvalue weighted by atomic mass is 32.2. The molecule has 166 valence electrons. The molecule has 2 aliphatic heterocycles. The van der Waals surface area contributed by atoms with Crippen molar-refractivity contribution in [3.05, 3.63) is 44.4 Å². The van der Waals surface area contributed by atoms with Gasteiger partial charge in [-0.3, -0.25) is 24.1 Å². The molecule has 3 fully saturated rings. The standard InChI is InChI=1S/C22H20N2O6S2/c25-11-4-2-1-3-8(11)13-14-9-7-10(17(14)31-19-18(13)32-22(30)23-19)16-15(9)20(28)24(21(16)29)6-5-12(26)27/h1-4,9-10,13-17,25H,5-7H2,(H,23,30)(H,26,27)/t9-,10+,13+,14+,15+,16+,17-/m0/s1. The van der Waals surface area contributed by atoms with E-state index in [-0.39, 0.29) is 64.3 Å². The topological polar surface area (TPSA) is 128 Å². The van der Waals surface area contributed by atoms with Gasteiger partial charge in [0.25, 0.3) is 0 Å². The Morgan fingerprint density at radius 3 is 2.56 bits per heavy atom. The number of nitrogens with zero attached hydrogens (tertiary/aromatic N) is 1. The predicted molar refractivity (Wildman–Crippen MR) is 116 cm³/mol. The summed E-state index contributed by atoms with van der Waals surface area (Å²) in [6.07, 6.45) is 0.498. The van der Waals surface area contributed by atoms with Gasteiger partial charge in [-0.15, -0.1) is 11.8 Å². The maximum atomic E-state index is 13.2. The zero-order valence-corrected chi connectivity index (χ0v) is 18.4. The molecule has 8 nitrogen and oxygen atoms in total. The maximum Gasteiger partial charge on any atom is 0.305 e. The highest BCUT2D eigenvalue weighted by Gasteiger charge is 2.69. The number of carboxylic acid groups (broad SMARTS) is 1. The van der Waals surface area contributed by atoms with Gasteiger partial charge in [-0.05, 0) is 30.2 Å². The molecule has 1 aromatic heterocycles. The fourth-order valence-corrected chi connectivity index (χ4v) is 9.48. The average Bonchev–Trinajstić information content (AvgIpc) is 3.46. The van der Waals surface area contributed by atoms with Gasteiger partial charge in [0, 0.05) is 28.2 Å². The van der Waals surface area contributed by atoms with E-state index in [0.717, 1.165) is 38.1 Å². The number of thioether (sulfide) groups is 1. The van der Waals surface area contributed by atoms with Crippen molar-refractivity contribution in [3.63, 3.8) is 0 Å². The number of phenols is 1. The Hall–Kier alpha value is -2.59. The molecular weight excluding hydrogens is 452 g/mol. The number of thiazole rings is 1. The molecule has 6 rings (SSSR count). The van der Waals surface area contributed by atoms with E-state index < -0.39 is 17.8 Å². The number of hydrogen-bond donors (Lipinski definition) is 3. The van der Waals surface area contributed by atoms with E-state index in [0.29, 0.717) is 0 Å². The van der Waals surface area contributed by atoms with E-state index in [1.165, 1.54) is 0 Å². The van der Waals surface area contributed by atoms with Gasteiger partial charge in [-0.1, -0.05) is 29.5 Å². The number of benzene rings is 1. The Bertz CT molecular complexity index is 1220. The van der Waals surface area contributed by atoms with E-state index in [4.69, 9.17) is 5.11 Å². The molecule has 2 aromatic rings. The SMILES string of the molecule is O=C(O)CCN1C(=O)[C@@H]2[C@H]3C[C@@H]([C@@H]4Sc5[nH]c(=O)sc5[C@H](c5ccccc5O)[C@@H]34)[C@H]2C1=O. The molecule has 3 N–H and O–H groups in total. The molecule has 1 saturated heterocycles. The quantitative estimate of drug-likeness (QED) is 0.582. The first-order chi connectivity index (χ1) is 15.4. The number of imide groups is 1. The number of carbonyl (C=O) groups is 3. The van der Waals surface area contributed by atoms with Crippen molar-refractivity contribution >= 4 is 40.9 Å². The monoisotopic (exact) mass is 472 g/mol. The Balaban J connectivity index is 1.43. The molecule has 0 radical (unpaired) electrons. The first-order valence-electron chi connectivity index (χ1n) is 10.6. The second kappa shape index (κ2) is 6.95. The normalized spacial score (nSPS) is 34.5. The Labute approximate surface area is 190 Å². The molecule has 10 heteroatoms. The Morgan fingerprint density at radius 2 is 1.84 bits per heavy atom. The number of para-hydroxylation sites is 1. The molecule has 2 bridgehead atoms. The summed E-state index contributed by atoms with van der Waals surface area (Å²) in [5.74, 6) is -2.56. The van der Waals surface area contributed by atoms with Crippen LogP contribution in [0.2, 0.25) is 0 Å². The van der Waals surface area contributed by atoms with Crippen molar-refractivity contribution in [2.45, 2.75) is 29.0 Å². The highest BCUT2D eigenvalue weighted by molar-refractivity contribution is 8.00. The van der Waals surface area contributed by atoms with Crippen molar-refractivity contribution in [1.29, 1.82) is 0 Å². The minimum absolute atomic E-state index is 0.00896. The lowest BCUT2D eigenvalue weighted by Gasteiger charge is -2.43. The predicted octanol–water partition coefficient (Wildman–Crippen LogP) is 2.09. The molecule has 32 heavy (non-hydrogen) atoms. The summed E-state index contributed by atoms with van der Waals surface area (Å²) in [7, 11) is 0. The van der Waals surface area contributed by atoms with Crippen LogP contribution in [0.15, 0.2) is 34.1 Å². The number of amides is 2. The van der Waals surface area contributed by atoms with Gasteiger partial charge in [-0.25, -0.2) is 0 Å². The summed E-state index contributed by atoms with van der Waals surface area (Å²) in [4.78, 5) is 54.4. The van der Waals surface area contributed by atoms with Crippen molar-refractivity contribution in [2.24, 2.45) is 29.6 Å². The number of aromatic amines is 1. The molecule has 0 unspecified atom stereocenters. The van der Waals surface area contributed by atoms with Gasteiger partial charge >= 0.3 is 10.8 Å². The number of rotatable bonds is 4. The molecule has 3 heterocycles. The van der Waals surface area contributed by atoms with E-state index in [1.54, 1.807) is 23.9 Å². The average molecular weight is 473 g/mol. The lowest BCUT2D eigenvalue weighted by Crippen LogP contribution is -2.42. The number of likely N-dealkylation sites (tertiary alicyclic amines) is 1. The zero-order valence-electron chi connectivity index (χ0n) is 16.8. The van der Waals surface area contributed by atoms with Crippen LogP contribution in [0.3, 0.4) is 0 Å². The molecule has 2 amide bonds. The number of carbonyl (C=O) groups excluding carboxylic acids is 2. The van der Waals surface area contributed by atoms with Crippen molar-refractivity contribution in [2.75, 3.05) is 6.54 Å². The molecule has 2 saturated carbocycles. The minimum Gasteiger partial charge on any atom is -0.508 e. The number of nitrogens with one attached hydrogen (secondary N) is 1. The number of H-pyrrole nitrogens is 1. The largest absolute Gasteiger partial charge is 0.508 e. The third-order valence-electron chi connectivity index (χ3n) is 7.64. The number of fused-ring (bicyclic) bond motifs is 9. The molecule has 4 aliphatic rings. The number of aliphatic carboxylic acids is 1. The van der Waals surface area contributed by atoms with Gasteiger partial charge in [0.05, 0.1) is 23.3 Å². The number of aromatic hydroxyl groups is 1. The van der Waals surface area contributed by atoms with Crippen LogP contribution in [0.1, 0.15) is 29.2 Å². The van der Waals surface area contributed by atoms with E-state index >= 15 is 0 Å². The summed E-state index contributed by atoms with van der Waals surface area (Å²) in [5.41, 5.74) is 0.739. The van der Waals surface area contributed by atoms with Crippen LogP contribution in [0.4, 0.5) is 0 Å². The summed E-state index contributed by atoms with van der Waals surface area (Å²) >= 11 is 2.73. The second-order valence-corrected chi connectivity index (χ2v) is 11.2. The summed E-state index contributed by atoms with van der Waals surface area (Å²) in [6.45, 7) is -0.0918. The van der Waals surface area contributed by atoms with Crippen LogP contribution in [-0.2, 0) is 14.4 Å². The van der Waals surface area contributed by atoms with Gasteiger partial charge < -0.3 is 15.2 Å². The molecule has 2 aliphatic carbocycles.